The zero-order valence-electron chi connectivity index (χ0n) is 18.7. The molecule has 4 aliphatic carbocycles. The third-order valence-corrected chi connectivity index (χ3v) is 8.25. The average Bonchev–Trinajstić information content (AvgIpc) is 3.30. The average molecular weight is 427 g/mol. The SMILES string of the molecule is COc1cc(OC)cc(C(=O)N[C@@H](C(=O)N2CCCC2)C23CC4CC(CC(C4)C2)C3)c1. The first-order valence-corrected chi connectivity index (χ1v) is 11.8. The Hall–Kier alpha value is -2.24. The molecule has 4 saturated carbocycles. The van der Waals surface area contributed by atoms with E-state index in [4.69, 9.17) is 9.47 Å². The van der Waals surface area contributed by atoms with E-state index in [-0.39, 0.29) is 17.2 Å². The third-order valence-electron chi connectivity index (χ3n) is 8.25. The van der Waals surface area contributed by atoms with Crippen LogP contribution in [0.15, 0.2) is 18.2 Å². The van der Waals surface area contributed by atoms with Crippen molar-refractivity contribution >= 4 is 11.8 Å². The molecule has 1 aromatic carbocycles. The predicted molar refractivity (Wildman–Crippen MR) is 117 cm³/mol. The van der Waals surface area contributed by atoms with Gasteiger partial charge in [-0.15, -0.1) is 0 Å². The predicted octanol–water partition coefficient (Wildman–Crippen LogP) is 3.64. The maximum Gasteiger partial charge on any atom is 0.252 e. The first kappa shape index (κ1) is 20.7. The highest BCUT2D eigenvalue weighted by Gasteiger charge is 2.57. The number of carbonyl (C=O) groups excluding carboxylic acids is 2. The number of hydrogen-bond donors (Lipinski definition) is 1. The summed E-state index contributed by atoms with van der Waals surface area (Å²) in [6.07, 6.45) is 9.27. The number of nitrogens with one attached hydrogen (secondary N) is 1. The molecule has 1 N–H and O–H groups in total. The molecule has 1 heterocycles. The van der Waals surface area contributed by atoms with Crippen molar-refractivity contribution in [1.29, 1.82) is 0 Å². The molecule has 6 nitrogen and oxygen atoms in total. The number of hydrogen-bond acceptors (Lipinski definition) is 4. The Labute approximate surface area is 184 Å². The van der Waals surface area contributed by atoms with Crippen molar-refractivity contribution < 1.29 is 19.1 Å². The van der Waals surface area contributed by atoms with Gasteiger partial charge in [-0.25, -0.2) is 0 Å². The first-order chi connectivity index (χ1) is 15.0. The van der Waals surface area contributed by atoms with Crippen LogP contribution >= 0.6 is 0 Å². The van der Waals surface area contributed by atoms with E-state index in [1.54, 1.807) is 32.4 Å². The standard InChI is InChI=1S/C25H34N2O4/c1-30-20-10-19(11-21(12-20)31-2)23(28)26-22(24(29)27-5-3-4-6-27)25-13-16-7-17(14-25)9-18(8-16)15-25/h10-12,16-18,22H,3-9,13-15H2,1-2H3,(H,26,28)/t16?,17?,18?,22-,25?/m0/s1. The molecule has 1 aliphatic heterocycles. The Morgan fingerprint density at radius 1 is 0.935 bits per heavy atom. The van der Waals surface area contributed by atoms with Crippen LogP contribution in [0.2, 0.25) is 0 Å². The van der Waals surface area contributed by atoms with Crippen LogP contribution in [-0.2, 0) is 4.79 Å². The molecule has 6 rings (SSSR count). The Kier molecular flexibility index (Phi) is 5.35. The highest BCUT2D eigenvalue weighted by Crippen LogP contribution is 2.61. The van der Waals surface area contributed by atoms with Crippen molar-refractivity contribution in [2.45, 2.75) is 57.4 Å². The maximum absolute atomic E-state index is 13.7. The summed E-state index contributed by atoms with van der Waals surface area (Å²) in [5.74, 6) is 3.20. The molecule has 0 spiro atoms. The van der Waals surface area contributed by atoms with Gasteiger partial charge in [0.05, 0.1) is 14.2 Å². The lowest BCUT2D eigenvalue weighted by molar-refractivity contribution is -0.143. The fraction of sp³-hybridized carbons (Fsp3) is 0.680. The summed E-state index contributed by atoms with van der Waals surface area (Å²) < 4.78 is 10.7. The molecule has 1 atom stereocenters. The Bertz CT molecular complexity index is 804. The summed E-state index contributed by atoms with van der Waals surface area (Å²) in [6, 6.07) is 4.75. The molecule has 5 aliphatic rings. The number of rotatable bonds is 6. The highest BCUT2D eigenvalue weighted by atomic mass is 16.5. The lowest BCUT2D eigenvalue weighted by Gasteiger charge is -2.59. The third kappa shape index (κ3) is 3.79. The van der Waals surface area contributed by atoms with E-state index in [9.17, 15) is 9.59 Å². The van der Waals surface area contributed by atoms with Gasteiger partial charge in [0.15, 0.2) is 0 Å². The van der Waals surface area contributed by atoms with Crippen LogP contribution in [0.3, 0.4) is 0 Å². The lowest BCUT2D eigenvalue weighted by Crippen LogP contribution is -2.62. The Morgan fingerprint density at radius 3 is 1.94 bits per heavy atom. The van der Waals surface area contributed by atoms with E-state index in [2.05, 4.69) is 5.32 Å². The van der Waals surface area contributed by atoms with Gasteiger partial charge in [-0.3, -0.25) is 9.59 Å². The molecule has 1 saturated heterocycles. The summed E-state index contributed by atoms with van der Waals surface area (Å²) in [7, 11) is 3.15. The second kappa shape index (κ2) is 8.03. The van der Waals surface area contributed by atoms with Gasteiger partial charge in [-0.1, -0.05) is 0 Å². The molecule has 168 valence electrons. The van der Waals surface area contributed by atoms with Gasteiger partial charge >= 0.3 is 0 Å². The van der Waals surface area contributed by atoms with Gasteiger partial charge in [0.2, 0.25) is 5.91 Å². The topological polar surface area (TPSA) is 67.9 Å². The van der Waals surface area contributed by atoms with E-state index in [1.165, 1.54) is 19.3 Å². The molecule has 0 aromatic heterocycles. The van der Waals surface area contributed by atoms with E-state index < -0.39 is 6.04 Å². The molecule has 1 aromatic rings. The van der Waals surface area contributed by atoms with Crippen LogP contribution in [0.1, 0.15) is 61.7 Å². The van der Waals surface area contributed by atoms with Crippen molar-refractivity contribution in [3.8, 4) is 11.5 Å². The van der Waals surface area contributed by atoms with Crippen LogP contribution in [0.25, 0.3) is 0 Å². The number of amides is 2. The molecule has 4 bridgehead atoms. The van der Waals surface area contributed by atoms with Gasteiger partial charge in [0.1, 0.15) is 17.5 Å². The van der Waals surface area contributed by atoms with Crippen LogP contribution in [0.5, 0.6) is 11.5 Å². The smallest absolute Gasteiger partial charge is 0.252 e. The van der Waals surface area contributed by atoms with E-state index in [0.717, 1.165) is 45.2 Å². The Morgan fingerprint density at radius 2 is 1.45 bits per heavy atom. The van der Waals surface area contributed by atoms with Crippen LogP contribution in [0.4, 0.5) is 0 Å². The highest BCUT2D eigenvalue weighted by molar-refractivity contribution is 5.98. The minimum Gasteiger partial charge on any atom is -0.497 e. The molecular formula is C25H34N2O4. The fourth-order valence-corrected chi connectivity index (χ4v) is 7.28. The maximum atomic E-state index is 13.7. The summed E-state index contributed by atoms with van der Waals surface area (Å²) in [6.45, 7) is 1.62. The zero-order valence-corrected chi connectivity index (χ0v) is 18.7. The number of carbonyl (C=O) groups is 2. The number of benzene rings is 1. The van der Waals surface area contributed by atoms with Crippen molar-refractivity contribution in [1.82, 2.24) is 10.2 Å². The van der Waals surface area contributed by atoms with Gasteiger partial charge in [-0.2, -0.15) is 0 Å². The Balaban J connectivity index is 1.45. The fourth-order valence-electron chi connectivity index (χ4n) is 7.28. The number of nitrogens with zero attached hydrogens (tertiary/aromatic N) is 1. The molecule has 5 fully saturated rings. The minimum atomic E-state index is -0.441. The second-order valence-electron chi connectivity index (χ2n) is 10.3. The molecule has 0 radical (unpaired) electrons. The minimum absolute atomic E-state index is 0.0902. The van der Waals surface area contributed by atoms with Crippen molar-refractivity contribution in [2.24, 2.45) is 23.2 Å². The van der Waals surface area contributed by atoms with Gasteiger partial charge in [0.25, 0.3) is 5.91 Å². The van der Waals surface area contributed by atoms with Gasteiger partial charge in [0, 0.05) is 30.1 Å². The van der Waals surface area contributed by atoms with Crippen LogP contribution < -0.4 is 14.8 Å². The van der Waals surface area contributed by atoms with Gasteiger partial charge < -0.3 is 19.7 Å². The number of ether oxygens (including phenoxy) is 2. The lowest BCUT2D eigenvalue weighted by atomic mass is 9.47. The quantitative estimate of drug-likeness (QED) is 0.754. The van der Waals surface area contributed by atoms with E-state index in [1.807, 2.05) is 4.90 Å². The van der Waals surface area contributed by atoms with E-state index >= 15 is 0 Å². The first-order valence-electron chi connectivity index (χ1n) is 11.8. The van der Waals surface area contributed by atoms with Crippen molar-refractivity contribution in [2.75, 3.05) is 27.3 Å². The molecule has 2 amide bonds. The van der Waals surface area contributed by atoms with E-state index in [0.29, 0.717) is 34.8 Å². The normalized spacial score (nSPS) is 32.1. The summed E-state index contributed by atoms with van der Waals surface area (Å²) in [5.41, 5.74) is 0.382. The summed E-state index contributed by atoms with van der Waals surface area (Å²) >= 11 is 0. The summed E-state index contributed by atoms with van der Waals surface area (Å²) in [5, 5.41) is 3.23. The molecular weight excluding hydrogens is 392 g/mol. The zero-order chi connectivity index (χ0) is 21.6. The molecule has 31 heavy (non-hydrogen) atoms. The van der Waals surface area contributed by atoms with Crippen molar-refractivity contribution in [3.63, 3.8) is 0 Å². The van der Waals surface area contributed by atoms with Crippen LogP contribution in [0, 0.1) is 23.2 Å². The number of likely N-dealkylation sites (tertiary alicyclic amines) is 1. The number of methoxy groups -OCH3 is 2. The summed E-state index contributed by atoms with van der Waals surface area (Å²) in [4.78, 5) is 29.1. The van der Waals surface area contributed by atoms with Crippen molar-refractivity contribution in [3.05, 3.63) is 23.8 Å². The molecule has 6 heteroatoms. The van der Waals surface area contributed by atoms with Gasteiger partial charge in [-0.05, 0) is 81.3 Å². The largest absolute Gasteiger partial charge is 0.497 e. The monoisotopic (exact) mass is 426 g/mol. The van der Waals surface area contributed by atoms with Crippen LogP contribution in [-0.4, -0.2) is 50.1 Å². The molecule has 0 unspecified atom stereocenters. The second-order valence-corrected chi connectivity index (χ2v) is 10.3.